The largest absolute Gasteiger partial charge is 0.345 e. The van der Waals surface area contributed by atoms with E-state index < -0.39 is 5.79 Å². The molecule has 1 N–H and O–H groups in total. The Morgan fingerprint density at radius 1 is 1.17 bits per heavy atom. The van der Waals surface area contributed by atoms with Gasteiger partial charge in [0.05, 0.1) is 30.4 Å². The molecule has 3 aromatic rings. The van der Waals surface area contributed by atoms with E-state index in [1.54, 1.807) is 0 Å². The molecule has 4 rings (SSSR count). The second-order valence-corrected chi connectivity index (χ2v) is 8.66. The zero-order chi connectivity index (χ0) is 21.1. The van der Waals surface area contributed by atoms with Crippen LogP contribution in [-0.2, 0) is 26.5 Å². The number of ether oxygens (including phenoxy) is 2. The van der Waals surface area contributed by atoms with E-state index in [1.807, 2.05) is 56.3 Å². The fourth-order valence-corrected chi connectivity index (χ4v) is 4.36. The first kappa shape index (κ1) is 21.0. The van der Waals surface area contributed by atoms with Gasteiger partial charge in [-0.1, -0.05) is 66.2 Å². The van der Waals surface area contributed by atoms with Crippen LogP contribution in [0.2, 0.25) is 5.02 Å². The fraction of sp³-hybridized carbons (Fsp3) is 0.304. The Hall–Kier alpha value is -2.25. The average molecular weight is 443 g/mol. The van der Waals surface area contributed by atoms with Gasteiger partial charge in [-0.05, 0) is 36.5 Å². The molecule has 156 valence electrons. The van der Waals surface area contributed by atoms with Crippen molar-refractivity contribution in [1.82, 2.24) is 4.37 Å². The highest BCUT2D eigenvalue weighted by Crippen LogP contribution is 2.35. The third-order valence-electron chi connectivity index (χ3n) is 5.28. The normalized spacial score (nSPS) is 21.4. The van der Waals surface area contributed by atoms with Crippen LogP contribution in [0.1, 0.15) is 35.2 Å². The molecule has 1 fully saturated rings. The number of hydrogen-bond acceptors (Lipinski definition) is 5. The molecule has 0 radical (unpaired) electrons. The van der Waals surface area contributed by atoms with E-state index in [0.717, 1.165) is 16.8 Å². The predicted molar refractivity (Wildman–Crippen MR) is 119 cm³/mol. The second kappa shape index (κ2) is 8.86. The minimum absolute atomic E-state index is 0.129. The van der Waals surface area contributed by atoms with Gasteiger partial charge in [-0.3, -0.25) is 4.79 Å². The molecule has 1 amide bonds. The zero-order valence-corrected chi connectivity index (χ0v) is 18.4. The lowest BCUT2D eigenvalue weighted by Crippen LogP contribution is -2.38. The predicted octanol–water partition coefficient (Wildman–Crippen LogP) is 5.29. The number of nitrogens with zero attached hydrogens (tertiary/aromatic N) is 1. The Kier molecular flexibility index (Phi) is 6.20. The Labute approximate surface area is 185 Å². The van der Waals surface area contributed by atoms with Gasteiger partial charge < -0.3 is 14.8 Å². The molecule has 1 aliphatic heterocycles. The van der Waals surface area contributed by atoms with Gasteiger partial charge >= 0.3 is 0 Å². The molecule has 1 aliphatic rings. The maximum absolute atomic E-state index is 12.3. The molecule has 0 spiro atoms. The Balaban J connectivity index is 1.36. The maximum atomic E-state index is 12.3. The van der Waals surface area contributed by atoms with Crippen molar-refractivity contribution < 1.29 is 14.3 Å². The standard InChI is InChI=1S/C23H23ClN2O3S/c1-15-21(24)22(30-26-15)25-20(27)12-16-8-10-19(11-9-16)23(2)28-13-18(14-29-23)17-6-4-3-5-7-17/h3-11,18H,12-14H2,1-2H3,(H,25,27). The smallest absolute Gasteiger partial charge is 0.229 e. The molecule has 2 heterocycles. The third kappa shape index (κ3) is 4.57. The maximum Gasteiger partial charge on any atom is 0.229 e. The SMILES string of the molecule is Cc1nsc(NC(=O)Cc2ccc(C3(C)OCC(c4ccccc4)CO3)cc2)c1Cl. The van der Waals surface area contributed by atoms with Gasteiger partial charge in [-0.25, -0.2) is 0 Å². The molecule has 0 atom stereocenters. The van der Waals surface area contributed by atoms with Crippen molar-refractivity contribution in [3.05, 3.63) is 82.0 Å². The van der Waals surface area contributed by atoms with Crippen molar-refractivity contribution in [2.24, 2.45) is 0 Å². The third-order valence-corrected chi connectivity index (χ3v) is 6.71. The van der Waals surface area contributed by atoms with Crippen LogP contribution < -0.4 is 5.32 Å². The van der Waals surface area contributed by atoms with E-state index in [9.17, 15) is 4.79 Å². The van der Waals surface area contributed by atoms with Crippen molar-refractivity contribution in [2.75, 3.05) is 18.5 Å². The number of benzene rings is 2. The zero-order valence-electron chi connectivity index (χ0n) is 16.9. The van der Waals surface area contributed by atoms with Crippen molar-refractivity contribution in [2.45, 2.75) is 32.0 Å². The molecule has 0 unspecified atom stereocenters. The van der Waals surface area contributed by atoms with Crippen LogP contribution in [0.5, 0.6) is 0 Å². The summed E-state index contributed by atoms with van der Waals surface area (Å²) in [6.07, 6.45) is 0.252. The van der Waals surface area contributed by atoms with E-state index in [-0.39, 0.29) is 18.2 Å². The molecule has 0 aliphatic carbocycles. The number of amides is 1. The van der Waals surface area contributed by atoms with Gasteiger partial charge in [-0.15, -0.1) is 0 Å². The van der Waals surface area contributed by atoms with Crippen LogP contribution >= 0.6 is 23.1 Å². The number of hydrogen-bond donors (Lipinski definition) is 1. The first-order valence-corrected chi connectivity index (χ1v) is 10.9. The molecule has 1 aromatic heterocycles. The Bertz CT molecular complexity index is 1010. The van der Waals surface area contributed by atoms with Gasteiger partial charge in [-0.2, -0.15) is 4.37 Å². The van der Waals surface area contributed by atoms with Crippen molar-refractivity contribution >= 4 is 34.0 Å². The van der Waals surface area contributed by atoms with Gasteiger partial charge in [0, 0.05) is 11.5 Å². The fourth-order valence-electron chi connectivity index (χ4n) is 3.41. The molecule has 5 nitrogen and oxygen atoms in total. The lowest BCUT2D eigenvalue weighted by Gasteiger charge is -2.38. The van der Waals surface area contributed by atoms with E-state index in [4.69, 9.17) is 21.1 Å². The number of aryl methyl sites for hydroxylation is 1. The quantitative estimate of drug-likeness (QED) is 0.583. The minimum atomic E-state index is -0.792. The van der Waals surface area contributed by atoms with Crippen LogP contribution in [0.3, 0.4) is 0 Å². The minimum Gasteiger partial charge on any atom is -0.345 e. The topological polar surface area (TPSA) is 60.5 Å². The highest BCUT2D eigenvalue weighted by atomic mass is 35.5. The summed E-state index contributed by atoms with van der Waals surface area (Å²) in [6.45, 7) is 4.94. The summed E-state index contributed by atoms with van der Waals surface area (Å²) < 4.78 is 16.4. The lowest BCUT2D eigenvalue weighted by atomic mass is 9.98. The highest BCUT2D eigenvalue weighted by Gasteiger charge is 2.35. The first-order valence-electron chi connectivity index (χ1n) is 9.78. The number of halogens is 1. The molecular weight excluding hydrogens is 420 g/mol. The van der Waals surface area contributed by atoms with E-state index >= 15 is 0 Å². The second-order valence-electron chi connectivity index (χ2n) is 7.51. The highest BCUT2D eigenvalue weighted by molar-refractivity contribution is 7.11. The van der Waals surface area contributed by atoms with Crippen LogP contribution in [-0.4, -0.2) is 23.5 Å². The molecule has 0 saturated carbocycles. The number of nitrogens with one attached hydrogen (secondary N) is 1. The van der Waals surface area contributed by atoms with Crippen LogP contribution in [0.15, 0.2) is 54.6 Å². The summed E-state index contributed by atoms with van der Waals surface area (Å²) in [7, 11) is 0. The summed E-state index contributed by atoms with van der Waals surface area (Å²) in [4.78, 5) is 12.3. The Morgan fingerprint density at radius 2 is 1.83 bits per heavy atom. The average Bonchev–Trinajstić information content (AvgIpc) is 3.07. The van der Waals surface area contributed by atoms with Crippen LogP contribution in [0, 0.1) is 6.92 Å². The van der Waals surface area contributed by atoms with E-state index in [1.165, 1.54) is 17.1 Å². The summed E-state index contributed by atoms with van der Waals surface area (Å²) in [5.74, 6) is -0.695. The van der Waals surface area contributed by atoms with Crippen LogP contribution in [0.25, 0.3) is 0 Å². The van der Waals surface area contributed by atoms with Gasteiger partial charge in [0.25, 0.3) is 0 Å². The van der Waals surface area contributed by atoms with E-state index in [0.29, 0.717) is 23.2 Å². The molecule has 30 heavy (non-hydrogen) atoms. The summed E-state index contributed by atoms with van der Waals surface area (Å²) in [6, 6.07) is 18.0. The van der Waals surface area contributed by atoms with Gasteiger partial charge in [0.15, 0.2) is 5.79 Å². The lowest BCUT2D eigenvalue weighted by molar-refractivity contribution is -0.271. The monoisotopic (exact) mass is 442 g/mol. The first-order chi connectivity index (χ1) is 14.4. The summed E-state index contributed by atoms with van der Waals surface area (Å²) >= 11 is 7.32. The molecule has 2 aromatic carbocycles. The number of rotatable bonds is 5. The molecule has 1 saturated heterocycles. The summed E-state index contributed by atoms with van der Waals surface area (Å²) in [5, 5.41) is 3.90. The van der Waals surface area contributed by atoms with Crippen molar-refractivity contribution in [3.8, 4) is 0 Å². The number of anilines is 1. The van der Waals surface area contributed by atoms with E-state index in [2.05, 4.69) is 21.8 Å². The van der Waals surface area contributed by atoms with Crippen LogP contribution in [0.4, 0.5) is 5.00 Å². The van der Waals surface area contributed by atoms with Gasteiger partial charge in [0.2, 0.25) is 5.91 Å². The summed E-state index contributed by atoms with van der Waals surface area (Å²) in [5.41, 5.74) is 3.77. The molecule has 7 heteroatoms. The van der Waals surface area contributed by atoms with Gasteiger partial charge in [0.1, 0.15) is 5.00 Å². The van der Waals surface area contributed by atoms with Crippen molar-refractivity contribution in [3.63, 3.8) is 0 Å². The van der Waals surface area contributed by atoms with Crippen molar-refractivity contribution in [1.29, 1.82) is 0 Å². The number of carbonyl (C=O) groups is 1. The Morgan fingerprint density at radius 3 is 2.43 bits per heavy atom. The number of aromatic nitrogens is 1. The number of carbonyl (C=O) groups excluding carboxylic acids is 1. The molecular formula is C23H23ClN2O3S. The molecule has 0 bridgehead atoms.